The Labute approximate surface area is 113 Å². The minimum absolute atomic E-state index is 0.663. The molecule has 0 fully saturated rings. The second-order valence-electron chi connectivity index (χ2n) is 4.17. The summed E-state index contributed by atoms with van der Waals surface area (Å²) in [6, 6.07) is 10.1. The first-order valence-corrected chi connectivity index (χ1v) is 6.51. The molecule has 1 N–H and O–H groups in total. The summed E-state index contributed by atoms with van der Waals surface area (Å²) in [6.45, 7) is 4.87. The zero-order valence-corrected chi connectivity index (χ0v) is 11.2. The predicted molar refractivity (Wildman–Crippen MR) is 74.3 cm³/mol. The van der Waals surface area contributed by atoms with Gasteiger partial charge in [0.2, 0.25) is 0 Å². The Bertz CT molecular complexity index is 488. The van der Waals surface area contributed by atoms with Crippen molar-refractivity contribution in [3.8, 4) is 0 Å². The lowest BCUT2D eigenvalue weighted by atomic mass is 10.1. The standard InChI is InChI=1S/C15H19N3O/c1-2-19-12-14-7-4-3-6-13(14)10-16-11-15-17-8-5-9-18-15/h3-9,16H,2,10-12H2,1H3. The Morgan fingerprint density at radius 1 is 1.00 bits per heavy atom. The number of rotatable bonds is 7. The van der Waals surface area contributed by atoms with Gasteiger partial charge >= 0.3 is 0 Å². The Kier molecular flexibility index (Phi) is 5.47. The number of aromatic nitrogens is 2. The SMILES string of the molecule is CCOCc1ccccc1CNCc1ncccn1. The molecule has 0 aliphatic heterocycles. The van der Waals surface area contributed by atoms with Crippen LogP contribution in [0.25, 0.3) is 0 Å². The van der Waals surface area contributed by atoms with Gasteiger partial charge in [-0.05, 0) is 24.1 Å². The summed E-state index contributed by atoms with van der Waals surface area (Å²) in [6.07, 6.45) is 3.51. The lowest BCUT2D eigenvalue weighted by Crippen LogP contribution is -2.16. The van der Waals surface area contributed by atoms with E-state index < -0.39 is 0 Å². The van der Waals surface area contributed by atoms with Crippen LogP contribution in [0.5, 0.6) is 0 Å². The molecule has 100 valence electrons. The maximum atomic E-state index is 5.47. The van der Waals surface area contributed by atoms with Crippen LogP contribution >= 0.6 is 0 Å². The van der Waals surface area contributed by atoms with Gasteiger partial charge in [-0.15, -0.1) is 0 Å². The van der Waals surface area contributed by atoms with Crippen molar-refractivity contribution in [3.63, 3.8) is 0 Å². The van der Waals surface area contributed by atoms with Crippen molar-refractivity contribution in [1.82, 2.24) is 15.3 Å². The van der Waals surface area contributed by atoms with Crippen LogP contribution in [0.2, 0.25) is 0 Å². The van der Waals surface area contributed by atoms with E-state index in [1.165, 1.54) is 11.1 Å². The van der Waals surface area contributed by atoms with Crippen LogP contribution in [-0.4, -0.2) is 16.6 Å². The lowest BCUT2D eigenvalue weighted by Gasteiger charge is -2.10. The fourth-order valence-electron chi connectivity index (χ4n) is 1.81. The molecule has 1 aromatic heterocycles. The van der Waals surface area contributed by atoms with E-state index >= 15 is 0 Å². The zero-order valence-electron chi connectivity index (χ0n) is 11.2. The number of hydrogen-bond acceptors (Lipinski definition) is 4. The predicted octanol–water partition coefficient (Wildman–Crippen LogP) is 2.30. The summed E-state index contributed by atoms with van der Waals surface area (Å²) in [5.74, 6) is 0.810. The molecule has 0 unspecified atom stereocenters. The normalized spacial score (nSPS) is 10.6. The van der Waals surface area contributed by atoms with Gasteiger partial charge in [0.25, 0.3) is 0 Å². The molecule has 1 heterocycles. The van der Waals surface area contributed by atoms with Crippen LogP contribution in [0.15, 0.2) is 42.7 Å². The molecule has 2 aromatic rings. The molecule has 19 heavy (non-hydrogen) atoms. The molecule has 4 heteroatoms. The average molecular weight is 257 g/mol. The van der Waals surface area contributed by atoms with Crippen LogP contribution in [-0.2, 0) is 24.4 Å². The fraction of sp³-hybridized carbons (Fsp3) is 0.333. The van der Waals surface area contributed by atoms with Crippen molar-refractivity contribution in [2.45, 2.75) is 26.6 Å². The largest absolute Gasteiger partial charge is 0.377 e. The zero-order chi connectivity index (χ0) is 13.3. The fourth-order valence-corrected chi connectivity index (χ4v) is 1.81. The Balaban J connectivity index is 1.88. The first kappa shape index (κ1) is 13.6. The second-order valence-corrected chi connectivity index (χ2v) is 4.17. The first-order valence-electron chi connectivity index (χ1n) is 6.51. The lowest BCUT2D eigenvalue weighted by molar-refractivity contribution is 0.133. The first-order chi connectivity index (χ1) is 9.40. The minimum atomic E-state index is 0.663. The molecule has 0 aliphatic rings. The highest BCUT2D eigenvalue weighted by molar-refractivity contribution is 5.26. The summed E-state index contributed by atoms with van der Waals surface area (Å²) in [4.78, 5) is 8.37. The van der Waals surface area contributed by atoms with E-state index in [2.05, 4.69) is 27.4 Å². The van der Waals surface area contributed by atoms with E-state index in [-0.39, 0.29) is 0 Å². The van der Waals surface area contributed by atoms with Gasteiger partial charge in [-0.25, -0.2) is 9.97 Å². The Morgan fingerprint density at radius 3 is 2.47 bits per heavy atom. The number of ether oxygens (including phenoxy) is 1. The molecule has 0 aliphatic carbocycles. The summed E-state index contributed by atoms with van der Waals surface area (Å²) in [5.41, 5.74) is 2.48. The van der Waals surface area contributed by atoms with E-state index in [9.17, 15) is 0 Å². The molecular weight excluding hydrogens is 238 g/mol. The van der Waals surface area contributed by atoms with Crippen molar-refractivity contribution >= 4 is 0 Å². The van der Waals surface area contributed by atoms with Gasteiger partial charge in [0.1, 0.15) is 5.82 Å². The molecule has 0 saturated heterocycles. The van der Waals surface area contributed by atoms with Crippen LogP contribution in [0.3, 0.4) is 0 Å². The van der Waals surface area contributed by atoms with Crippen molar-refractivity contribution in [3.05, 3.63) is 59.7 Å². The van der Waals surface area contributed by atoms with Crippen molar-refractivity contribution in [2.24, 2.45) is 0 Å². The molecule has 0 bridgehead atoms. The van der Waals surface area contributed by atoms with E-state index in [4.69, 9.17) is 4.74 Å². The minimum Gasteiger partial charge on any atom is -0.377 e. The molecule has 1 aromatic carbocycles. The van der Waals surface area contributed by atoms with Gasteiger partial charge in [0.15, 0.2) is 0 Å². The van der Waals surface area contributed by atoms with Gasteiger partial charge in [-0.1, -0.05) is 24.3 Å². The average Bonchev–Trinajstić information content (AvgIpc) is 2.47. The molecule has 0 spiro atoms. The van der Waals surface area contributed by atoms with Gasteiger partial charge in [-0.2, -0.15) is 0 Å². The number of benzene rings is 1. The van der Waals surface area contributed by atoms with Crippen LogP contribution in [0, 0.1) is 0 Å². The molecule has 4 nitrogen and oxygen atoms in total. The molecule has 2 rings (SSSR count). The smallest absolute Gasteiger partial charge is 0.141 e. The number of nitrogens with zero attached hydrogens (tertiary/aromatic N) is 2. The van der Waals surface area contributed by atoms with Crippen LogP contribution < -0.4 is 5.32 Å². The maximum absolute atomic E-state index is 5.47. The molecular formula is C15H19N3O. The monoisotopic (exact) mass is 257 g/mol. The molecule has 0 radical (unpaired) electrons. The summed E-state index contributed by atoms with van der Waals surface area (Å²) in [5, 5.41) is 3.35. The van der Waals surface area contributed by atoms with E-state index in [0.29, 0.717) is 13.2 Å². The highest BCUT2D eigenvalue weighted by Crippen LogP contribution is 2.10. The third-order valence-electron chi connectivity index (χ3n) is 2.80. The van der Waals surface area contributed by atoms with E-state index in [0.717, 1.165) is 19.0 Å². The molecule has 0 saturated carbocycles. The number of nitrogens with one attached hydrogen (secondary N) is 1. The van der Waals surface area contributed by atoms with Crippen molar-refractivity contribution in [1.29, 1.82) is 0 Å². The quantitative estimate of drug-likeness (QED) is 0.827. The topological polar surface area (TPSA) is 47.0 Å². The van der Waals surface area contributed by atoms with E-state index in [1.807, 2.05) is 25.1 Å². The summed E-state index contributed by atoms with van der Waals surface area (Å²) < 4.78 is 5.47. The third kappa shape index (κ3) is 4.43. The maximum Gasteiger partial charge on any atom is 0.141 e. The van der Waals surface area contributed by atoms with Gasteiger partial charge in [-0.3, -0.25) is 0 Å². The van der Waals surface area contributed by atoms with Gasteiger partial charge in [0.05, 0.1) is 13.2 Å². The van der Waals surface area contributed by atoms with Crippen molar-refractivity contribution in [2.75, 3.05) is 6.61 Å². The van der Waals surface area contributed by atoms with Gasteiger partial charge in [0, 0.05) is 25.5 Å². The Hall–Kier alpha value is -1.78. The van der Waals surface area contributed by atoms with Crippen LogP contribution in [0.4, 0.5) is 0 Å². The summed E-state index contributed by atoms with van der Waals surface area (Å²) in [7, 11) is 0. The van der Waals surface area contributed by atoms with Crippen molar-refractivity contribution < 1.29 is 4.74 Å². The second kappa shape index (κ2) is 7.61. The highest BCUT2D eigenvalue weighted by Gasteiger charge is 2.02. The van der Waals surface area contributed by atoms with Gasteiger partial charge < -0.3 is 10.1 Å². The number of hydrogen-bond donors (Lipinski definition) is 1. The van der Waals surface area contributed by atoms with E-state index in [1.54, 1.807) is 12.4 Å². The molecule has 0 amide bonds. The highest BCUT2D eigenvalue weighted by atomic mass is 16.5. The summed E-state index contributed by atoms with van der Waals surface area (Å²) >= 11 is 0. The van der Waals surface area contributed by atoms with Crippen LogP contribution in [0.1, 0.15) is 23.9 Å². The Morgan fingerprint density at radius 2 is 1.74 bits per heavy atom. The third-order valence-corrected chi connectivity index (χ3v) is 2.80. The molecule has 0 atom stereocenters.